The van der Waals surface area contributed by atoms with Crippen molar-refractivity contribution < 1.29 is 21.5 Å². The van der Waals surface area contributed by atoms with Crippen LogP contribution in [0.5, 0.6) is 5.75 Å². The molecule has 0 aliphatic heterocycles. The van der Waals surface area contributed by atoms with E-state index in [9.17, 15) is 8.42 Å². The fourth-order valence-corrected chi connectivity index (χ4v) is 3.10. The number of nitrogens with zero attached hydrogens (tertiary/aromatic N) is 1. The fraction of sp³-hybridized carbons (Fsp3) is 0.500. The maximum Gasteiger partial charge on any atom is 0.399 e. The van der Waals surface area contributed by atoms with Gasteiger partial charge in [-0.25, -0.2) is 13.4 Å². The topological polar surface area (TPSA) is 74.7 Å². The minimum absolute atomic E-state index is 0.113. The number of aryl methyl sites for hydroxylation is 1. The molecule has 0 saturated heterocycles. The average molecular weight is 347 g/mol. The van der Waals surface area contributed by atoms with E-state index in [0.29, 0.717) is 6.61 Å². The van der Waals surface area contributed by atoms with Gasteiger partial charge in [0.1, 0.15) is 5.75 Å². The number of fused-ring (bicyclic) bond motifs is 1. The minimum atomic E-state index is -3.68. The van der Waals surface area contributed by atoms with E-state index in [4.69, 9.17) is 4.74 Å². The lowest BCUT2D eigenvalue weighted by Gasteiger charge is -2.00. The molecule has 2 rings (SSSR count). The molecule has 0 aliphatic carbocycles. The summed E-state index contributed by atoms with van der Waals surface area (Å²) in [5.74, 6) is 0.929. The van der Waals surface area contributed by atoms with Crippen LogP contribution in [0.25, 0.3) is 10.2 Å². The summed E-state index contributed by atoms with van der Waals surface area (Å²) >= 11 is 1.70. The summed E-state index contributed by atoms with van der Waals surface area (Å²) in [5, 5.41) is 1.10. The van der Waals surface area contributed by atoms with Crippen LogP contribution in [-0.4, -0.2) is 33.2 Å². The molecule has 0 amide bonds. The normalized spacial score (nSPS) is 11.1. The first-order chi connectivity index (χ1) is 10.4. The Hall–Kier alpha value is -1.22. The highest BCUT2D eigenvalue weighted by Crippen LogP contribution is 2.25. The lowest BCUT2D eigenvalue weighted by molar-refractivity contribution is 0.231. The highest BCUT2D eigenvalue weighted by molar-refractivity contribution is 7.81. The van der Waals surface area contributed by atoms with Crippen molar-refractivity contribution in [1.29, 1.82) is 0 Å². The quantitative estimate of drug-likeness (QED) is 0.798. The van der Waals surface area contributed by atoms with Crippen molar-refractivity contribution >= 4 is 32.0 Å². The molecule has 0 spiro atoms. The van der Waals surface area contributed by atoms with Crippen LogP contribution in [0.15, 0.2) is 18.2 Å². The number of benzene rings is 1. The molecule has 0 saturated carbocycles. The number of aromatic nitrogens is 1. The number of hydrogen-bond acceptors (Lipinski definition) is 7. The third-order valence-corrected chi connectivity index (χ3v) is 4.28. The third-order valence-electron chi connectivity index (χ3n) is 2.30. The molecule has 8 heteroatoms. The minimum Gasteiger partial charge on any atom is -0.494 e. The molecule has 2 aromatic rings. The average Bonchev–Trinajstić information content (AvgIpc) is 2.79. The second kappa shape index (κ2) is 9.04. The van der Waals surface area contributed by atoms with Crippen LogP contribution in [0.1, 0.15) is 25.8 Å². The smallest absolute Gasteiger partial charge is 0.399 e. The largest absolute Gasteiger partial charge is 0.494 e. The number of thiazole rings is 1. The maximum absolute atomic E-state index is 10.4. The van der Waals surface area contributed by atoms with E-state index in [0.717, 1.165) is 16.3 Å². The lowest BCUT2D eigenvalue weighted by Crippen LogP contribution is -2.09. The van der Waals surface area contributed by atoms with E-state index in [-0.39, 0.29) is 13.2 Å². The molecule has 0 fully saturated rings. The summed E-state index contributed by atoms with van der Waals surface area (Å²) in [6.45, 7) is 8.11. The Bertz CT molecular complexity index is 670. The van der Waals surface area contributed by atoms with Gasteiger partial charge >= 0.3 is 10.4 Å². The molecular formula is C14H21NO5S2. The van der Waals surface area contributed by atoms with Gasteiger partial charge in [0.05, 0.1) is 35.0 Å². The zero-order chi connectivity index (χ0) is 16.6. The van der Waals surface area contributed by atoms with Crippen molar-refractivity contribution in [3.8, 4) is 5.75 Å². The van der Waals surface area contributed by atoms with Crippen LogP contribution >= 0.6 is 11.3 Å². The first-order valence-corrected chi connectivity index (χ1v) is 9.10. The highest BCUT2D eigenvalue weighted by atomic mass is 32.3. The van der Waals surface area contributed by atoms with E-state index in [1.54, 1.807) is 25.2 Å². The molecule has 0 N–H and O–H groups in total. The summed E-state index contributed by atoms with van der Waals surface area (Å²) in [7, 11) is -3.68. The SMILES string of the molecule is CCOS(=O)(=O)OCC.CCOc1ccc2nc(C)sc2c1. The zero-order valence-corrected chi connectivity index (χ0v) is 14.8. The Morgan fingerprint density at radius 2 is 1.73 bits per heavy atom. The van der Waals surface area contributed by atoms with Crippen molar-refractivity contribution in [3.63, 3.8) is 0 Å². The van der Waals surface area contributed by atoms with Crippen LogP contribution in [0, 0.1) is 6.92 Å². The number of rotatable bonds is 6. The van der Waals surface area contributed by atoms with Crippen LogP contribution in [0.3, 0.4) is 0 Å². The summed E-state index contributed by atoms with van der Waals surface area (Å²) < 4.78 is 35.8. The Labute approximate surface area is 135 Å². The standard InChI is InChI=1S/C10H11NOS.C4H10O4S/c1-3-12-8-4-5-9-10(6-8)13-7(2)11-9;1-3-7-9(5,6)8-4-2/h4-6H,3H2,1-2H3;3-4H2,1-2H3. The van der Waals surface area contributed by atoms with Gasteiger partial charge in [-0.15, -0.1) is 11.3 Å². The van der Waals surface area contributed by atoms with E-state index in [1.807, 2.05) is 32.0 Å². The summed E-state index contributed by atoms with van der Waals surface area (Å²) in [5.41, 5.74) is 1.06. The third kappa shape index (κ3) is 6.27. The van der Waals surface area contributed by atoms with E-state index < -0.39 is 10.4 Å². The molecule has 22 heavy (non-hydrogen) atoms. The number of ether oxygens (including phenoxy) is 1. The second-order valence-corrected chi connectivity index (χ2v) is 6.54. The van der Waals surface area contributed by atoms with Gasteiger partial charge in [0.25, 0.3) is 0 Å². The highest BCUT2D eigenvalue weighted by Gasteiger charge is 2.07. The monoisotopic (exact) mass is 347 g/mol. The van der Waals surface area contributed by atoms with Gasteiger partial charge in [-0.3, -0.25) is 0 Å². The van der Waals surface area contributed by atoms with Gasteiger partial charge < -0.3 is 4.74 Å². The van der Waals surface area contributed by atoms with Gasteiger partial charge in [0, 0.05) is 0 Å². The van der Waals surface area contributed by atoms with Crippen LogP contribution in [0.2, 0.25) is 0 Å². The molecular weight excluding hydrogens is 326 g/mol. The van der Waals surface area contributed by atoms with Gasteiger partial charge in [-0.05, 0) is 45.9 Å². The second-order valence-electron chi connectivity index (χ2n) is 4.02. The molecule has 1 heterocycles. The molecule has 0 aliphatic rings. The Morgan fingerprint density at radius 3 is 2.27 bits per heavy atom. The first kappa shape index (κ1) is 18.8. The van der Waals surface area contributed by atoms with E-state index >= 15 is 0 Å². The van der Waals surface area contributed by atoms with Crippen molar-refractivity contribution in [1.82, 2.24) is 4.98 Å². The fourth-order valence-electron chi connectivity index (χ4n) is 1.60. The van der Waals surface area contributed by atoms with Gasteiger partial charge in [-0.1, -0.05) is 0 Å². The molecule has 6 nitrogen and oxygen atoms in total. The zero-order valence-electron chi connectivity index (χ0n) is 13.2. The van der Waals surface area contributed by atoms with Crippen molar-refractivity contribution in [3.05, 3.63) is 23.2 Å². The van der Waals surface area contributed by atoms with E-state index in [1.165, 1.54) is 4.70 Å². The van der Waals surface area contributed by atoms with Crippen LogP contribution in [0.4, 0.5) is 0 Å². The molecule has 0 radical (unpaired) electrons. The molecule has 0 unspecified atom stereocenters. The lowest BCUT2D eigenvalue weighted by atomic mass is 10.3. The van der Waals surface area contributed by atoms with Crippen molar-refractivity contribution in [2.75, 3.05) is 19.8 Å². The van der Waals surface area contributed by atoms with Crippen LogP contribution in [-0.2, 0) is 18.8 Å². The molecule has 1 aromatic heterocycles. The summed E-state index contributed by atoms with van der Waals surface area (Å²) in [6, 6.07) is 6.01. The predicted octanol–water partition coefficient (Wildman–Crippen LogP) is 3.31. The number of hydrogen-bond donors (Lipinski definition) is 0. The van der Waals surface area contributed by atoms with Crippen molar-refractivity contribution in [2.45, 2.75) is 27.7 Å². The van der Waals surface area contributed by atoms with Crippen LogP contribution < -0.4 is 4.74 Å². The summed E-state index contributed by atoms with van der Waals surface area (Å²) in [4.78, 5) is 4.38. The molecule has 0 atom stereocenters. The predicted molar refractivity (Wildman–Crippen MR) is 87.7 cm³/mol. The molecule has 0 bridgehead atoms. The van der Waals surface area contributed by atoms with Gasteiger partial charge in [0.15, 0.2) is 0 Å². The van der Waals surface area contributed by atoms with Gasteiger partial charge in [0.2, 0.25) is 0 Å². The van der Waals surface area contributed by atoms with E-state index in [2.05, 4.69) is 13.4 Å². The maximum atomic E-state index is 10.4. The van der Waals surface area contributed by atoms with Gasteiger partial charge in [-0.2, -0.15) is 8.42 Å². The summed E-state index contributed by atoms with van der Waals surface area (Å²) in [6.07, 6.45) is 0. The molecule has 124 valence electrons. The Kier molecular flexibility index (Phi) is 7.74. The Morgan fingerprint density at radius 1 is 1.09 bits per heavy atom. The first-order valence-electron chi connectivity index (χ1n) is 6.95. The van der Waals surface area contributed by atoms with Crippen molar-refractivity contribution in [2.24, 2.45) is 0 Å². The Balaban J connectivity index is 0.000000239. The molecule has 1 aromatic carbocycles.